The fourth-order valence-electron chi connectivity index (χ4n) is 2.02. The number of nitrogens with one attached hydrogen (secondary N) is 3. The first-order valence-corrected chi connectivity index (χ1v) is 9.75. The van der Waals surface area contributed by atoms with Crippen LogP contribution in [0.2, 0.25) is 0 Å². The van der Waals surface area contributed by atoms with Crippen molar-refractivity contribution in [2.45, 2.75) is 30.9 Å². The molecule has 1 heterocycles. The lowest BCUT2D eigenvalue weighted by molar-refractivity contribution is 0.579. The summed E-state index contributed by atoms with van der Waals surface area (Å²) in [5.41, 5.74) is 0. The third-order valence-corrected chi connectivity index (χ3v) is 5.43. The average molecular weight is 323 g/mol. The van der Waals surface area contributed by atoms with Crippen molar-refractivity contribution in [2.75, 3.05) is 38.7 Å². The van der Waals surface area contributed by atoms with Crippen LogP contribution in [0.15, 0.2) is 4.99 Å². The summed E-state index contributed by atoms with van der Waals surface area (Å²) in [7, 11) is -1.34. The molecule has 8 heteroatoms. The fourth-order valence-corrected chi connectivity index (χ4v) is 3.78. The molecule has 0 aromatic carbocycles. The molecule has 1 atom stereocenters. The Hall–Kier alpha value is -0.470. The maximum Gasteiger partial charge on any atom is 0.208 e. The molecule has 1 aliphatic rings. The Morgan fingerprint density at radius 2 is 2.10 bits per heavy atom. The molecule has 0 saturated carbocycles. The van der Waals surface area contributed by atoms with Crippen LogP contribution in [-0.2, 0) is 10.0 Å². The predicted octanol–water partition coefficient (Wildman–Crippen LogP) is 0.376. The molecule has 0 aliphatic carbocycles. The van der Waals surface area contributed by atoms with E-state index in [0.29, 0.717) is 17.8 Å². The number of hydrogen-bond acceptors (Lipinski definition) is 4. The molecule has 1 rings (SSSR count). The Labute approximate surface area is 126 Å². The van der Waals surface area contributed by atoms with Gasteiger partial charge in [0.2, 0.25) is 10.0 Å². The van der Waals surface area contributed by atoms with Crippen LogP contribution in [0.1, 0.15) is 26.2 Å². The summed E-state index contributed by atoms with van der Waals surface area (Å²) in [6.07, 6.45) is 4.41. The van der Waals surface area contributed by atoms with Crippen molar-refractivity contribution >= 4 is 27.7 Å². The molecule has 0 radical (unpaired) electrons. The number of hydrogen-bond donors (Lipinski definition) is 3. The summed E-state index contributed by atoms with van der Waals surface area (Å²) >= 11 is 2.01. The van der Waals surface area contributed by atoms with Crippen LogP contribution in [0.4, 0.5) is 0 Å². The zero-order valence-electron chi connectivity index (χ0n) is 12.5. The van der Waals surface area contributed by atoms with Crippen LogP contribution in [0.25, 0.3) is 0 Å². The van der Waals surface area contributed by atoms with Gasteiger partial charge in [-0.3, -0.25) is 4.99 Å². The number of nitrogens with zero attached hydrogens (tertiary/aromatic N) is 1. The SMILES string of the molecule is CN=C(NCCCNS(C)(=O)=O)NCC1(C)CCCS1. The van der Waals surface area contributed by atoms with Gasteiger partial charge in [0.15, 0.2) is 5.96 Å². The Kier molecular flexibility index (Phi) is 7.11. The highest BCUT2D eigenvalue weighted by Gasteiger charge is 2.29. The van der Waals surface area contributed by atoms with E-state index in [0.717, 1.165) is 18.9 Å². The van der Waals surface area contributed by atoms with Gasteiger partial charge in [-0.15, -0.1) is 0 Å². The van der Waals surface area contributed by atoms with E-state index in [-0.39, 0.29) is 0 Å². The zero-order valence-corrected chi connectivity index (χ0v) is 14.2. The molecule has 0 bridgehead atoms. The maximum atomic E-state index is 10.9. The van der Waals surface area contributed by atoms with E-state index >= 15 is 0 Å². The highest BCUT2D eigenvalue weighted by atomic mass is 32.2. The van der Waals surface area contributed by atoms with Crippen molar-refractivity contribution in [3.05, 3.63) is 0 Å². The monoisotopic (exact) mass is 322 g/mol. The van der Waals surface area contributed by atoms with Gasteiger partial charge in [0.05, 0.1) is 6.26 Å². The number of sulfonamides is 1. The third kappa shape index (κ3) is 7.35. The second kappa shape index (κ2) is 8.09. The van der Waals surface area contributed by atoms with Crippen molar-refractivity contribution < 1.29 is 8.42 Å². The number of thioether (sulfide) groups is 1. The normalized spacial score (nSPS) is 23.9. The van der Waals surface area contributed by atoms with Crippen LogP contribution >= 0.6 is 11.8 Å². The quantitative estimate of drug-likeness (QED) is 0.358. The summed E-state index contributed by atoms with van der Waals surface area (Å²) < 4.78 is 24.6. The molecule has 6 nitrogen and oxygen atoms in total. The first kappa shape index (κ1) is 17.6. The molecule has 0 aromatic rings. The van der Waals surface area contributed by atoms with E-state index in [4.69, 9.17) is 0 Å². The fraction of sp³-hybridized carbons (Fsp3) is 0.917. The number of aliphatic imine (C=N–C) groups is 1. The predicted molar refractivity (Wildman–Crippen MR) is 86.9 cm³/mol. The molecule has 1 saturated heterocycles. The van der Waals surface area contributed by atoms with E-state index in [2.05, 4.69) is 27.3 Å². The lowest BCUT2D eigenvalue weighted by atomic mass is 10.1. The van der Waals surface area contributed by atoms with Crippen LogP contribution in [0.5, 0.6) is 0 Å². The molecule has 0 aromatic heterocycles. The van der Waals surface area contributed by atoms with Crippen LogP contribution in [0.3, 0.4) is 0 Å². The Morgan fingerprint density at radius 3 is 2.65 bits per heavy atom. The topological polar surface area (TPSA) is 82.6 Å². The van der Waals surface area contributed by atoms with Crippen LogP contribution in [0, 0.1) is 0 Å². The van der Waals surface area contributed by atoms with Gasteiger partial charge in [0.1, 0.15) is 0 Å². The molecule has 3 N–H and O–H groups in total. The average Bonchev–Trinajstić information content (AvgIpc) is 2.79. The van der Waals surface area contributed by atoms with Gasteiger partial charge in [-0.1, -0.05) is 0 Å². The van der Waals surface area contributed by atoms with Gasteiger partial charge in [-0.05, 0) is 31.9 Å². The second-order valence-electron chi connectivity index (χ2n) is 5.27. The maximum absolute atomic E-state index is 10.9. The van der Waals surface area contributed by atoms with Crippen molar-refractivity contribution in [1.29, 1.82) is 0 Å². The van der Waals surface area contributed by atoms with Crippen molar-refractivity contribution in [2.24, 2.45) is 4.99 Å². The first-order valence-electron chi connectivity index (χ1n) is 6.88. The van der Waals surface area contributed by atoms with E-state index < -0.39 is 10.0 Å². The summed E-state index contributed by atoms with van der Waals surface area (Å²) in [4.78, 5) is 4.17. The van der Waals surface area contributed by atoms with Gasteiger partial charge in [-0.2, -0.15) is 11.8 Å². The van der Waals surface area contributed by atoms with Gasteiger partial charge in [0.25, 0.3) is 0 Å². The largest absolute Gasteiger partial charge is 0.356 e. The standard InChI is InChI=1S/C12H26N4O2S2/c1-12(6-4-9-19-12)10-15-11(13-2)14-7-5-8-16-20(3,17)18/h16H,4-10H2,1-3H3,(H2,13,14,15). The van der Waals surface area contributed by atoms with Crippen LogP contribution in [-0.4, -0.2) is 57.8 Å². The Morgan fingerprint density at radius 1 is 1.35 bits per heavy atom. The molecule has 1 fully saturated rings. The van der Waals surface area contributed by atoms with Crippen molar-refractivity contribution in [1.82, 2.24) is 15.4 Å². The Balaban J connectivity index is 2.17. The van der Waals surface area contributed by atoms with E-state index in [9.17, 15) is 8.42 Å². The van der Waals surface area contributed by atoms with E-state index in [1.807, 2.05) is 11.8 Å². The summed E-state index contributed by atoms with van der Waals surface area (Å²) in [5.74, 6) is 2.01. The second-order valence-corrected chi connectivity index (χ2v) is 8.79. The molecule has 1 aliphatic heterocycles. The highest BCUT2D eigenvalue weighted by Crippen LogP contribution is 2.36. The van der Waals surface area contributed by atoms with Crippen LogP contribution < -0.4 is 15.4 Å². The molecule has 1 unspecified atom stereocenters. The number of guanidine groups is 1. The zero-order chi connectivity index (χ0) is 15.1. The number of rotatable bonds is 7. The minimum atomic E-state index is -3.09. The highest BCUT2D eigenvalue weighted by molar-refractivity contribution is 8.00. The minimum Gasteiger partial charge on any atom is -0.356 e. The van der Waals surface area contributed by atoms with Gasteiger partial charge >= 0.3 is 0 Å². The summed E-state index contributed by atoms with van der Waals surface area (Å²) in [6.45, 7) is 4.31. The molecule has 0 amide bonds. The van der Waals surface area contributed by atoms with Gasteiger partial charge < -0.3 is 10.6 Å². The van der Waals surface area contributed by atoms with Crippen molar-refractivity contribution in [3.63, 3.8) is 0 Å². The molecule has 0 spiro atoms. The van der Waals surface area contributed by atoms with Crippen molar-refractivity contribution in [3.8, 4) is 0 Å². The molecule has 20 heavy (non-hydrogen) atoms. The van der Waals surface area contributed by atoms with Gasteiger partial charge in [0, 0.05) is 31.4 Å². The summed E-state index contributed by atoms with van der Waals surface area (Å²) in [5, 5.41) is 6.53. The molecular formula is C12H26N4O2S2. The van der Waals surface area contributed by atoms with E-state index in [1.165, 1.54) is 24.9 Å². The Bertz CT molecular complexity index is 417. The molecule has 118 valence electrons. The molecular weight excluding hydrogens is 296 g/mol. The first-order chi connectivity index (χ1) is 9.35. The lowest BCUT2D eigenvalue weighted by Crippen LogP contribution is -2.44. The smallest absolute Gasteiger partial charge is 0.208 e. The third-order valence-electron chi connectivity index (χ3n) is 3.16. The lowest BCUT2D eigenvalue weighted by Gasteiger charge is -2.24. The minimum absolute atomic E-state index is 0.301. The summed E-state index contributed by atoms with van der Waals surface area (Å²) in [6, 6.07) is 0. The van der Waals surface area contributed by atoms with Gasteiger partial charge in [-0.25, -0.2) is 13.1 Å². The van der Waals surface area contributed by atoms with E-state index in [1.54, 1.807) is 7.05 Å².